The standard InChI is InChI=1S/C17H16ClFN4O2/c18-9-3-4-10(12(19)7-9)11-8-13(24)20-15-14(11)16(25)22-17(21-15)23-5-1-2-6-23/h3-4,7,11H,1-2,5-6,8H2,(H2,20,21,22,24,25). The lowest BCUT2D eigenvalue weighted by atomic mass is 9.86. The zero-order chi connectivity index (χ0) is 17.6. The number of benzene rings is 1. The van der Waals surface area contributed by atoms with Gasteiger partial charge in [0.15, 0.2) is 0 Å². The predicted molar refractivity (Wildman–Crippen MR) is 92.8 cm³/mol. The lowest BCUT2D eigenvalue weighted by Crippen LogP contribution is -2.33. The molecule has 25 heavy (non-hydrogen) atoms. The minimum absolute atomic E-state index is 0.0145. The number of carbonyl (C=O) groups is 1. The van der Waals surface area contributed by atoms with Crippen LogP contribution in [0.5, 0.6) is 0 Å². The van der Waals surface area contributed by atoms with Crippen LogP contribution in [-0.4, -0.2) is 29.0 Å². The molecule has 0 saturated carbocycles. The maximum absolute atomic E-state index is 14.4. The van der Waals surface area contributed by atoms with Gasteiger partial charge in [0.2, 0.25) is 11.9 Å². The number of nitrogens with one attached hydrogen (secondary N) is 2. The van der Waals surface area contributed by atoms with E-state index in [0.29, 0.717) is 5.95 Å². The molecule has 2 aliphatic heterocycles. The Hall–Kier alpha value is -2.41. The number of fused-ring (bicyclic) bond motifs is 1. The van der Waals surface area contributed by atoms with Crippen LogP contribution in [0.1, 0.15) is 36.3 Å². The Morgan fingerprint density at radius 2 is 2.00 bits per heavy atom. The van der Waals surface area contributed by atoms with E-state index in [-0.39, 0.29) is 39.9 Å². The molecule has 2 aromatic rings. The van der Waals surface area contributed by atoms with E-state index >= 15 is 0 Å². The molecule has 130 valence electrons. The summed E-state index contributed by atoms with van der Waals surface area (Å²) in [7, 11) is 0. The van der Waals surface area contributed by atoms with Gasteiger partial charge in [0.05, 0.1) is 5.56 Å². The monoisotopic (exact) mass is 362 g/mol. The summed E-state index contributed by atoms with van der Waals surface area (Å²) >= 11 is 5.80. The van der Waals surface area contributed by atoms with Crippen molar-refractivity contribution >= 4 is 29.3 Å². The molecule has 0 radical (unpaired) electrons. The summed E-state index contributed by atoms with van der Waals surface area (Å²) in [5.74, 6) is -0.872. The lowest BCUT2D eigenvalue weighted by molar-refractivity contribution is -0.116. The minimum atomic E-state index is -0.690. The van der Waals surface area contributed by atoms with Crippen LogP contribution in [0.4, 0.5) is 16.2 Å². The molecule has 1 amide bonds. The number of aromatic amines is 1. The van der Waals surface area contributed by atoms with Gasteiger partial charge in [-0.2, -0.15) is 4.98 Å². The highest BCUT2D eigenvalue weighted by Gasteiger charge is 2.33. The Morgan fingerprint density at radius 3 is 2.72 bits per heavy atom. The van der Waals surface area contributed by atoms with Crippen LogP contribution in [0.3, 0.4) is 0 Å². The van der Waals surface area contributed by atoms with Crippen LogP contribution in [0.15, 0.2) is 23.0 Å². The minimum Gasteiger partial charge on any atom is -0.342 e. The van der Waals surface area contributed by atoms with Gasteiger partial charge in [0.1, 0.15) is 11.6 Å². The smallest absolute Gasteiger partial charge is 0.258 e. The third kappa shape index (κ3) is 2.89. The van der Waals surface area contributed by atoms with Crippen molar-refractivity contribution < 1.29 is 9.18 Å². The molecule has 4 rings (SSSR count). The molecule has 1 saturated heterocycles. The second-order valence-electron chi connectivity index (χ2n) is 6.32. The first kappa shape index (κ1) is 16.1. The van der Waals surface area contributed by atoms with E-state index in [4.69, 9.17) is 11.6 Å². The van der Waals surface area contributed by atoms with Gasteiger partial charge < -0.3 is 10.2 Å². The maximum Gasteiger partial charge on any atom is 0.258 e. The first-order valence-corrected chi connectivity index (χ1v) is 8.54. The van der Waals surface area contributed by atoms with Crippen molar-refractivity contribution in [3.63, 3.8) is 0 Å². The molecule has 1 aromatic heterocycles. The number of aromatic nitrogens is 2. The number of anilines is 2. The van der Waals surface area contributed by atoms with Gasteiger partial charge >= 0.3 is 0 Å². The van der Waals surface area contributed by atoms with Gasteiger partial charge in [-0.15, -0.1) is 0 Å². The summed E-state index contributed by atoms with van der Waals surface area (Å²) in [5.41, 5.74) is 0.191. The fourth-order valence-electron chi connectivity index (χ4n) is 3.49. The molecule has 0 bridgehead atoms. The molecule has 3 heterocycles. The molecule has 2 N–H and O–H groups in total. The van der Waals surface area contributed by atoms with Crippen molar-refractivity contribution in [2.45, 2.75) is 25.2 Å². The van der Waals surface area contributed by atoms with E-state index in [0.717, 1.165) is 25.9 Å². The normalized spacial score (nSPS) is 19.7. The van der Waals surface area contributed by atoms with Gasteiger partial charge in [-0.3, -0.25) is 14.6 Å². The Bertz CT molecular complexity index is 908. The predicted octanol–water partition coefficient (Wildman–Crippen LogP) is 2.64. The topological polar surface area (TPSA) is 78.1 Å². The summed E-state index contributed by atoms with van der Waals surface area (Å²) in [6.45, 7) is 1.62. The van der Waals surface area contributed by atoms with Crippen LogP contribution in [0, 0.1) is 5.82 Å². The van der Waals surface area contributed by atoms with Crippen LogP contribution in [0.25, 0.3) is 0 Å². The summed E-state index contributed by atoms with van der Waals surface area (Å²) in [4.78, 5) is 34.0. The Balaban J connectivity index is 1.83. The average Bonchev–Trinajstić information content (AvgIpc) is 3.08. The zero-order valence-corrected chi connectivity index (χ0v) is 14.1. The SMILES string of the molecule is O=C1CC(c2ccc(Cl)cc2F)c2c(nc(N3CCCC3)[nH]c2=O)N1. The number of halogens is 2. The first-order valence-electron chi connectivity index (χ1n) is 8.17. The number of H-pyrrole nitrogens is 1. The fraction of sp³-hybridized carbons (Fsp3) is 0.353. The Kier molecular flexibility index (Phi) is 3.95. The number of nitrogens with zero attached hydrogens (tertiary/aromatic N) is 2. The highest BCUT2D eigenvalue weighted by atomic mass is 35.5. The molecule has 1 fully saturated rings. The second kappa shape index (κ2) is 6.15. The highest BCUT2D eigenvalue weighted by molar-refractivity contribution is 6.30. The van der Waals surface area contributed by atoms with E-state index in [1.807, 2.05) is 4.90 Å². The van der Waals surface area contributed by atoms with Crippen LogP contribution in [-0.2, 0) is 4.79 Å². The lowest BCUT2D eigenvalue weighted by Gasteiger charge is -2.26. The fourth-order valence-corrected chi connectivity index (χ4v) is 3.65. The highest BCUT2D eigenvalue weighted by Crippen LogP contribution is 2.36. The van der Waals surface area contributed by atoms with Gasteiger partial charge in [-0.25, -0.2) is 4.39 Å². The van der Waals surface area contributed by atoms with E-state index in [9.17, 15) is 14.0 Å². The summed E-state index contributed by atoms with van der Waals surface area (Å²) in [5, 5.41) is 2.91. The van der Waals surface area contributed by atoms with E-state index < -0.39 is 11.7 Å². The molecular weight excluding hydrogens is 347 g/mol. The van der Waals surface area contributed by atoms with E-state index in [2.05, 4.69) is 15.3 Å². The van der Waals surface area contributed by atoms with Crippen molar-refractivity contribution in [1.29, 1.82) is 0 Å². The van der Waals surface area contributed by atoms with Gasteiger partial charge in [-0.05, 0) is 30.5 Å². The Morgan fingerprint density at radius 1 is 1.24 bits per heavy atom. The van der Waals surface area contributed by atoms with Crippen LogP contribution in [0.2, 0.25) is 5.02 Å². The van der Waals surface area contributed by atoms with E-state index in [1.54, 1.807) is 6.07 Å². The summed E-state index contributed by atoms with van der Waals surface area (Å²) < 4.78 is 14.4. The van der Waals surface area contributed by atoms with Crippen LogP contribution < -0.4 is 15.8 Å². The molecular formula is C17H16ClFN4O2. The quantitative estimate of drug-likeness (QED) is 0.861. The largest absolute Gasteiger partial charge is 0.342 e. The summed E-state index contributed by atoms with van der Waals surface area (Å²) in [6.07, 6.45) is 2.05. The molecule has 6 nitrogen and oxygen atoms in total. The molecule has 2 aliphatic rings. The molecule has 1 aromatic carbocycles. The van der Waals surface area contributed by atoms with Gasteiger partial charge in [-0.1, -0.05) is 17.7 Å². The van der Waals surface area contributed by atoms with E-state index in [1.165, 1.54) is 12.1 Å². The third-order valence-electron chi connectivity index (χ3n) is 4.68. The van der Waals surface area contributed by atoms with Crippen LogP contribution >= 0.6 is 11.6 Å². The average molecular weight is 363 g/mol. The van der Waals surface area contributed by atoms with Crippen molar-refractivity contribution in [1.82, 2.24) is 9.97 Å². The number of amides is 1. The zero-order valence-electron chi connectivity index (χ0n) is 13.3. The van der Waals surface area contributed by atoms with Gasteiger partial charge in [0.25, 0.3) is 5.56 Å². The first-order chi connectivity index (χ1) is 12.0. The molecule has 1 unspecified atom stereocenters. The molecule has 0 aliphatic carbocycles. The Labute approximate surface area is 148 Å². The molecule has 0 spiro atoms. The number of hydrogen-bond acceptors (Lipinski definition) is 4. The van der Waals surface area contributed by atoms with Gasteiger partial charge in [0, 0.05) is 30.5 Å². The van der Waals surface area contributed by atoms with Crippen molar-refractivity contribution in [3.05, 3.63) is 50.5 Å². The third-order valence-corrected chi connectivity index (χ3v) is 4.92. The number of rotatable bonds is 2. The van der Waals surface area contributed by atoms with Crippen molar-refractivity contribution in [2.24, 2.45) is 0 Å². The maximum atomic E-state index is 14.4. The molecule has 8 heteroatoms. The van der Waals surface area contributed by atoms with Crippen molar-refractivity contribution in [3.8, 4) is 0 Å². The second-order valence-corrected chi connectivity index (χ2v) is 6.75. The number of carbonyl (C=O) groups excluding carboxylic acids is 1. The van der Waals surface area contributed by atoms with Crippen molar-refractivity contribution in [2.75, 3.05) is 23.3 Å². The number of hydrogen-bond donors (Lipinski definition) is 2. The molecule has 1 atom stereocenters. The summed E-state index contributed by atoms with van der Waals surface area (Å²) in [6, 6.07) is 4.24.